The fourth-order valence-electron chi connectivity index (χ4n) is 3.63. The Kier molecular flexibility index (Phi) is 3.94. The summed E-state index contributed by atoms with van der Waals surface area (Å²) in [6, 6.07) is 7.37. The zero-order chi connectivity index (χ0) is 16.7. The van der Waals surface area contributed by atoms with Gasteiger partial charge in [-0.2, -0.15) is 0 Å². The number of amides is 2. The van der Waals surface area contributed by atoms with E-state index in [0.29, 0.717) is 30.3 Å². The average Bonchev–Trinajstić information content (AvgIpc) is 3.27. The summed E-state index contributed by atoms with van der Waals surface area (Å²) in [5, 5.41) is 3.21. The van der Waals surface area contributed by atoms with Crippen LogP contribution < -0.4 is 0 Å². The lowest BCUT2D eigenvalue weighted by Crippen LogP contribution is -2.38. The smallest absolute Gasteiger partial charge is 0.261 e. The molecule has 1 fully saturated rings. The molecular weight excluding hydrogens is 322 g/mol. The summed E-state index contributed by atoms with van der Waals surface area (Å²) >= 11 is 1.67. The summed E-state index contributed by atoms with van der Waals surface area (Å²) in [5.74, 6) is -0.341. The number of carbonyl (C=O) groups excluding carboxylic acids is 2. The second-order valence-electron chi connectivity index (χ2n) is 6.29. The third-order valence-electron chi connectivity index (χ3n) is 4.83. The zero-order valence-corrected chi connectivity index (χ0v) is 14.4. The van der Waals surface area contributed by atoms with E-state index in [1.807, 2.05) is 6.92 Å². The van der Waals surface area contributed by atoms with Gasteiger partial charge < -0.3 is 0 Å². The molecule has 0 bridgehead atoms. The Labute approximate surface area is 144 Å². The minimum Gasteiger partial charge on any atom is -0.293 e. The van der Waals surface area contributed by atoms with Crippen molar-refractivity contribution in [3.8, 4) is 0 Å². The molecule has 0 N–H and O–H groups in total. The number of likely N-dealkylation sites (tertiary alicyclic amines) is 1. The highest BCUT2D eigenvalue weighted by molar-refractivity contribution is 7.09. The summed E-state index contributed by atoms with van der Waals surface area (Å²) in [5.41, 5.74) is 2.17. The van der Waals surface area contributed by atoms with Crippen molar-refractivity contribution in [2.24, 2.45) is 0 Å². The molecule has 0 radical (unpaired) electrons. The molecular formula is C18H19N3O2S. The number of carbonyl (C=O) groups is 2. The average molecular weight is 341 g/mol. The number of imide groups is 1. The molecule has 2 aliphatic rings. The van der Waals surface area contributed by atoms with Gasteiger partial charge in [0.05, 0.1) is 27.9 Å². The number of rotatable bonds is 4. The Bertz CT molecular complexity index is 766. The van der Waals surface area contributed by atoms with Gasteiger partial charge in [0.15, 0.2) is 0 Å². The Morgan fingerprint density at radius 2 is 1.88 bits per heavy atom. The van der Waals surface area contributed by atoms with Crippen LogP contribution in [0.5, 0.6) is 0 Å². The van der Waals surface area contributed by atoms with E-state index in [1.54, 1.807) is 35.6 Å². The second-order valence-corrected chi connectivity index (χ2v) is 7.36. The quantitative estimate of drug-likeness (QED) is 0.803. The van der Waals surface area contributed by atoms with Crippen molar-refractivity contribution in [3.05, 3.63) is 51.5 Å². The van der Waals surface area contributed by atoms with Crippen LogP contribution >= 0.6 is 11.3 Å². The number of hydrogen-bond donors (Lipinski definition) is 0. The van der Waals surface area contributed by atoms with Crippen LogP contribution in [-0.4, -0.2) is 46.2 Å². The van der Waals surface area contributed by atoms with E-state index >= 15 is 0 Å². The minimum absolute atomic E-state index is 0.171. The molecule has 3 heterocycles. The van der Waals surface area contributed by atoms with Gasteiger partial charge in [0.2, 0.25) is 0 Å². The first-order chi connectivity index (χ1) is 11.6. The standard InChI is InChI=1S/C18H19N3O2S/c1-12-19-15(11-24-12)16-7-4-8-20(16)9-10-21-17(22)13-5-2-3-6-14(13)18(21)23/h2-3,5-6,11,16H,4,7-10H2,1H3/t16-/m1/s1. The van der Waals surface area contributed by atoms with Gasteiger partial charge >= 0.3 is 0 Å². The van der Waals surface area contributed by atoms with Crippen LogP contribution in [0.1, 0.15) is 50.3 Å². The van der Waals surface area contributed by atoms with Crippen molar-refractivity contribution in [2.75, 3.05) is 19.6 Å². The van der Waals surface area contributed by atoms with Gasteiger partial charge in [-0.1, -0.05) is 12.1 Å². The largest absolute Gasteiger partial charge is 0.293 e. The first-order valence-corrected chi connectivity index (χ1v) is 9.14. The molecule has 1 atom stereocenters. The maximum Gasteiger partial charge on any atom is 0.261 e. The number of aryl methyl sites for hydroxylation is 1. The number of nitrogens with zero attached hydrogens (tertiary/aromatic N) is 3. The molecule has 4 rings (SSSR count). The molecule has 0 unspecified atom stereocenters. The fourth-order valence-corrected chi connectivity index (χ4v) is 4.29. The molecule has 0 aliphatic carbocycles. The van der Waals surface area contributed by atoms with E-state index in [2.05, 4.69) is 15.3 Å². The monoisotopic (exact) mass is 341 g/mol. The van der Waals surface area contributed by atoms with Gasteiger partial charge in [0.1, 0.15) is 0 Å². The van der Waals surface area contributed by atoms with Gasteiger partial charge in [0, 0.05) is 18.5 Å². The summed E-state index contributed by atoms with van der Waals surface area (Å²) < 4.78 is 0. The molecule has 124 valence electrons. The second kappa shape index (κ2) is 6.11. The molecule has 6 heteroatoms. The molecule has 1 aromatic carbocycles. The van der Waals surface area contributed by atoms with E-state index in [4.69, 9.17) is 0 Å². The van der Waals surface area contributed by atoms with Gasteiger partial charge in [-0.15, -0.1) is 11.3 Å². The lowest BCUT2D eigenvalue weighted by atomic mass is 10.1. The molecule has 1 saturated heterocycles. The summed E-state index contributed by atoms with van der Waals surface area (Å²) in [7, 11) is 0. The Morgan fingerprint density at radius 3 is 2.50 bits per heavy atom. The van der Waals surface area contributed by atoms with Crippen LogP contribution in [0.4, 0.5) is 0 Å². The van der Waals surface area contributed by atoms with Gasteiger partial charge in [0.25, 0.3) is 11.8 Å². The van der Waals surface area contributed by atoms with Crippen LogP contribution in [0.25, 0.3) is 0 Å². The molecule has 0 saturated carbocycles. The van der Waals surface area contributed by atoms with Crippen molar-refractivity contribution >= 4 is 23.2 Å². The van der Waals surface area contributed by atoms with Crippen molar-refractivity contribution in [1.82, 2.24) is 14.8 Å². The molecule has 2 aliphatic heterocycles. The highest BCUT2D eigenvalue weighted by Crippen LogP contribution is 2.32. The van der Waals surface area contributed by atoms with Crippen molar-refractivity contribution in [2.45, 2.75) is 25.8 Å². The topological polar surface area (TPSA) is 53.5 Å². The number of hydrogen-bond acceptors (Lipinski definition) is 5. The predicted molar refractivity (Wildman–Crippen MR) is 92.2 cm³/mol. The molecule has 2 aromatic rings. The first-order valence-electron chi connectivity index (χ1n) is 8.26. The molecule has 0 spiro atoms. The van der Waals surface area contributed by atoms with Crippen molar-refractivity contribution in [1.29, 1.82) is 0 Å². The third-order valence-corrected chi connectivity index (χ3v) is 5.62. The summed E-state index contributed by atoms with van der Waals surface area (Å²) in [4.78, 5) is 33.2. The van der Waals surface area contributed by atoms with E-state index in [0.717, 1.165) is 30.1 Å². The lowest BCUT2D eigenvalue weighted by molar-refractivity contribution is 0.0633. The lowest BCUT2D eigenvalue weighted by Gasteiger charge is -2.25. The highest BCUT2D eigenvalue weighted by Gasteiger charge is 2.36. The van der Waals surface area contributed by atoms with Crippen LogP contribution in [0.3, 0.4) is 0 Å². The predicted octanol–water partition coefficient (Wildman–Crippen LogP) is 2.88. The van der Waals surface area contributed by atoms with E-state index in [1.165, 1.54) is 4.90 Å². The van der Waals surface area contributed by atoms with E-state index in [9.17, 15) is 9.59 Å². The number of thiazole rings is 1. The van der Waals surface area contributed by atoms with Crippen LogP contribution in [-0.2, 0) is 0 Å². The zero-order valence-electron chi connectivity index (χ0n) is 13.6. The molecule has 24 heavy (non-hydrogen) atoms. The van der Waals surface area contributed by atoms with E-state index in [-0.39, 0.29) is 11.8 Å². The van der Waals surface area contributed by atoms with E-state index < -0.39 is 0 Å². The number of benzene rings is 1. The summed E-state index contributed by atoms with van der Waals surface area (Å²) in [6.07, 6.45) is 2.22. The van der Waals surface area contributed by atoms with Gasteiger partial charge in [-0.25, -0.2) is 4.98 Å². The molecule has 5 nitrogen and oxygen atoms in total. The highest BCUT2D eigenvalue weighted by atomic mass is 32.1. The maximum atomic E-state index is 12.4. The first kappa shape index (κ1) is 15.5. The van der Waals surface area contributed by atoms with Crippen LogP contribution in [0, 0.1) is 6.92 Å². The van der Waals surface area contributed by atoms with Crippen molar-refractivity contribution in [3.63, 3.8) is 0 Å². The normalized spacial score (nSPS) is 20.9. The fraction of sp³-hybridized carbons (Fsp3) is 0.389. The SMILES string of the molecule is Cc1nc([C@H]2CCCN2CCN2C(=O)c3ccccc3C2=O)cs1. The van der Waals surface area contributed by atoms with Gasteiger partial charge in [-0.3, -0.25) is 19.4 Å². The Balaban J connectivity index is 1.46. The Hall–Kier alpha value is -2.05. The Morgan fingerprint density at radius 1 is 1.17 bits per heavy atom. The number of fused-ring (bicyclic) bond motifs is 1. The maximum absolute atomic E-state index is 12.4. The van der Waals surface area contributed by atoms with Gasteiger partial charge in [-0.05, 0) is 38.4 Å². The number of aromatic nitrogens is 1. The van der Waals surface area contributed by atoms with Crippen LogP contribution in [0.2, 0.25) is 0 Å². The molecule has 1 aromatic heterocycles. The summed E-state index contributed by atoms with van der Waals surface area (Å²) in [6.45, 7) is 4.15. The molecule has 2 amide bonds. The third kappa shape index (κ3) is 2.56. The minimum atomic E-state index is -0.171. The van der Waals surface area contributed by atoms with Crippen molar-refractivity contribution < 1.29 is 9.59 Å². The van der Waals surface area contributed by atoms with Crippen LogP contribution in [0.15, 0.2) is 29.6 Å².